The van der Waals surface area contributed by atoms with Crippen LogP contribution in [-0.2, 0) is 12.8 Å². The maximum Gasteiger partial charge on any atom is 0.119 e. The van der Waals surface area contributed by atoms with E-state index in [0.29, 0.717) is 0 Å². The van der Waals surface area contributed by atoms with Crippen molar-refractivity contribution in [2.24, 2.45) is 5.92 Å². The van der Waals surface area contributed by atoms with Crippen molar-refractivity contribution < 1.29 is 9.84 Å². The van der Waals surface area contributed by atoms with E-state index in [4.69, 9.17) is 4.74 Å². The maximum atomic E-state index is 9.54. The summed E-state index contributed by atoms with van der Waals surface area (Å²) in [4.78, 5) is 1.30. The minimum Gasteiger partial charge on any atom is -0.497 e. The van der Waals surface area contributed by atoms with Gasteiger partial charge < -0.3 is 9.84 Å². The van der Waals surface area contributed by atoms with Crippen LogP contribution in [0.3, 0.4) is 0 Å². The Morgan fingerprint density at radius 3 is 2.79 bits per heavy atom. The molecule has 2 aromatic rings. The first-order chi connectivity index (χ1) is 9.21. The SMILES string of the molecule is COc1cccc(CC(CO)Cc2cc(Br)cs2)c1. The van der Waals surface area contributed by atoms with Crippen molar-refractivity contribution in [1.82, 2.24) is 0 Å². The highest BCUT2D eigenvalue weighted by atomic mass is 79.9. The second kappa shape index (κ2) is 7.08. The van der Waals surface area contributed by atoms with Gasteiger partial charge in [-0.2, -0.15) is 0 Å². The summed E-state index contributed by atoms with van der Waals surface area (Å²) in [6.45, 7) is 0.201. The van der Waals surface area contributed by atoms with Gasteiger partial charge in [0.05, 0.1) is 7.11 Å². The number of aliphatic hydroxyl groups is 1. The summed E-state index contributed by atoms with van der Waals surface area (Å²) in [7, 11) is 1.67. The third-order valence-corrected chi connectivity index (χ3v) is 4.75. The highest BCUT2D eigenvalue weighted by Crippen LogP contribution is 2.24. The number of ether oxygens (including phenoxy) is 1. The first kappa shape index (κ1) is 14.6. The van der Waals surface area contributed by atoms with Gasteiger partial charge in [-0.3, -0.25) is 0 Å². The Bertz CT molecular complexity index is 524. The number of halogens is 1. The predicted molar refractivity (Wildman–Crippen MR) is 83.0 cm³/mol. The van der Waals surface area contributed by atoms with Gasteiger partial charge in [0.2, 0.25) is 0 Å². The molecule has 1 heterocycles. The molecule has 4 heteroatoms. The Kier molecular flexibility index (Phi) is 5.43. The third kappa shape index (κ3) is 4.34. The minimum absolute atomic E-state index is 0.201. The molecule has 0 amide bonds. The van der Waals surface area contributed by atoms with Gasteiger partial charge in [0.15, 0.2) is 0 Å². The fourth-order valence-corrected chi connectivity index (χ4v) is 3.65. The van der Waals surface area contributed by atoms with Crippen LogP contribution in [0.5, 0.6) is 5.75 Å². The zero-order chi connectivity index (χ0) is 13.7. The van der Waals surface area contributed by atoms with Crippen molar-refractivity contribution in [2.75, 3.05) is 13.7 Å². The van der Waals surface area contributed by atoms with Crippen LogP contribution in [0.2, 0.25) is 0 Å². The molecule has 0 saturated heterocycles. The number of hydrogen-bond donors (Lipinski definition) is 1. The largest absolute Gasteiger partial charge is 0.497 e. The van der Waals surface area contributed by atoms with Gasteiger partial charge in [0, 0.05) is 21.3 Å². The lowest BCUT2D eigenvalue weighted by Gasteiger charge is -2.13. The van der Waals surface area contributed by atoms with Crippen LogP contribution in [0.25, 0.3) is 0 Å². The highest BCUT2D eigenvalue weighted by molar-refractivity contribution is 9.10. The molecule has 0 aliphatic carbocycles. The number of thiophene rings is 1. The van der Waals surface area contributed by atoms with E-state index in [1.807, 2.05) is 18.2 Å². The zero-order valence-corrected chi connectivity index (χ0v) is 13.2. The normalized spacial score (nSPS) is 12.4. The first-order valence-corrected chi connectivity index (χ1v) is 7.85. The summed E-state index contributed by atoms with van der Waals surface area (Å²) >= 11 is 5.19. The van der Waals surface area contributed by atoms with E-state index in [0.717, 1.165) is 23.1 Å². The number of rotatable bonds is 6. The Morgan fingerprint density at radius 1 is 1.32 bits per heavy atom. The van der Waals surface area contributed by atoms with Crippen molar-refractivity contribution >= 4 is 27.3 Å². The van der Waals surface area contributed by atoms with Crippen LogP contribution in [0.1, 0.15) is 10.4 Å². The summed E-state index contributed by atoms with van der Waals surface area (Å²) < 4.78 is 6.34. The molecule has 102 valence electrons. The first-order valence-electron chi connectivity index (χ1n) is 6.18. The summed E-state index contributed by atoms with van der Waals surface area (Å²) in [5.74, 6) is 1.12. The summed E-state index contributed by atoms with van der Waals surface area (Å²) in [6.07, 6.45) is 1.77. The number of benzene rings is 1. The molecule has 0 spiro atoms. The Hall–Kier alpha value is -0.840. The van der Waals surface area contributed by atoms with Crippen LogP contribution in [0.15, 0.2) is 40.2 Å². The molecule has 19 heavy (non-hydrogen) atoms. The molecule has 2 rings (SSSR count). The van der Waals surface area contributed by atoms with Crippen LogP contribution < -0.4 is 4.74 Å². The molecule has 0 radical (unpaired) electrons. The molecule has 1 N–H and O–H groups in total. The van der Waals surface area contributed by atoms with Crippen molar-refractivity contribution in [1.29, 1.82) is 0 Å². The van der Waals surface area contributed by atoms with Gasteiger partial charge in [-0.25, -0.2) is 0 Å². The number of aliphatic hydroxyl groups excluding tert-OH is 1. The quantitative estimate of drug-likeness (QED) is 0.863. The second-order valence-corrected chi connectivity index (χ2v) is 6.45. The topological polar surface area (TPSA) is 29.5 Å². The van der Waals surface area contributed by atoms with E-state index < -0.39 is 0 Å². The van der Waals surface area contributed by atoms with Gasteiger partial charge in [0.25, 0.3) is 0 Å². The smallest absolute Gasteiger partial charge is 0.119 e. The lowest BCUT2D eigenvalue weighted by atomic mass is 9.96. The van der Waals surface area contributed by atoms with E-state index in [9.17, 15) is 5.11 Å². The maximum absolute atomic E-state index is 9.54. The molecule has 0 fully saturated rings. The molecule has 0 aliphatic rings. The molecule has 1 atom stereocenters. The molecule has 1 aromatic carbocycles. The van der Waals surface area contributed by atoms with Gasteiger partial charge in [-0.15, -0.1) is 11.3 Å². The van der Waals surface area contributed by atoms with E-state index >= 15 is 0 Å². The Morgan fingerprint density at radius 2 is 2.16 bits per heavy atom. The molecular weight excluding hydrogens is 324 g/mol. The Labute approximate surface area is 126 Å². The third-order valence-electron chi connectivity index (χ3n) is 3.03. The summed E-state index contributed by atoms with van der Waals surface area (Å²) in [6, 6.07) is 10.2. The molecule has 0 bridgehead atoms. The van der Waals surface area contributed by atoms with Crippen LogP contribution >= 0.6 is 27.3 Å². The van der Waals surface area contributed by atoms with Gasteiger partial charge >= 0.3 is 0 Å². The lowest BCUT2D eigenvalue weighted by Crippen LogP contribution is -2.12. The monoisotopic (exact) mass is 340 g/mol. The molecule has 0 saturated carbocycles. The average Bonchev–Trinajstić information content (AvgIpc) is 2.83. The number of hydrogen-bond acceptors (Lipinski definition) is 3. The van der Waals surface area contributed by atoms with Crippen LogP contribution in [0.4, 0.5) is 0 Å². The summed E-state index contributed by atoms with van der Waals surface area (Å²) in [5.41, 5.74) is 1.20. The summed E-state index contributed by atoms with van der Waals surface area (Å²) in [5, 5.41) is 11.6. The molecule has 1 aromatic heterocycles. The van der Waals surface area contributed by atoms with Crippen LogP contribution in [0, 0.1) is 5.92 Å². The van der Waals surface area contributed by atoms with Gasteiger partial charge in [-0.05, 0) is 58.5 Å². The molecule has 0 aliphatic heterocycles. The Balaban J connectivity index is 2.01. The molecule has 2 nitrogen and oxygen atoms in total. The van der Waals surface area contributed by atoms with Crippen molar-refractivity contribution in [2.45, 2.75) is 12.8 Å². The molecular formula is C15H17BrO2S. The fourth-order valence-electron chi connectivity index (χ4n) is 2.08. The van der Waals surface area contributed by atoms with Gasteiger partial charge in [0.1, 0.15) is 5.75 Å². The van der Waals surface area contributed by atoms with Gasteiger partial charge in [-0.1, -0.05) is 12.1 Å². The lowest BCUT2D eigenvalue weighted by molar-refractivity contribution is 0.225. The van der Waals surface area contributed by atoms with Crippen LogP contribution in [-0.4, -0.2) is 18.8 Å². The van der Waals surface area contributed by atoms with Crippen molar-refractivity contribution in [3.8, 4) is 5.75 Å². The van der Waals surface area contributed by atoms with Crippen molar-refractivity contribution in [3.63, 3.8) is 0 Å². The zero-order valence-electron chi connectivity index (χ0n) is 10.8. The van der Waals surface area contributed by atoms with Crippen molar-refractivity contribution in [3.05, 3.63) is 50.6 Å². The van der Waals surface area contributed by atoms with E-state index in [2.05, 4.69) is 33.4 Å². The van der Waals surface area contributed by atoms with E-state index in [1.165, 1.54) is 10.4 Å². The van der Waals surface area contributed by atoms with E-state index in [-0.39, 0.29) is 12.5 Å². The predicted octanol–water partition coefficient (Wildman–Crippen LogP) is 3.91. The highest BCUT2D eigenvalue weighted by Gasteiger charge is 2.11. The fraction of sp³-hybridized carbons (Fsp3) is 0.333. The average molecular weight is 341 g/mol. The molecule has 1 unspecified atom stereocenters. The minimum atomic E-state index is 0.201. The second-order valence-electron chi connectivity index (χ2n) is 4.54. The standard InChI is InChI=1S/C15H17BrO2S/c1-18-14-4-2-3-11(6-14)5-12(9-17)7-15-8-13(16)10-19-15/h2-4,6,8,10,12,17H,5,7,9H2,1H3. The van der Waals surface area contributed by atoms with E-state index in [1.54, 1.807) is 18.4 Å². The number of methoxy groups -OCH3 is 1.